The minimum atomic E-state index is -1.24. The fourth-order valence-corrected chi connectivity index (χ4v) is 4.17. The number of rotatable bonds is 9. The van der Waals surface area contributed by atoms with Crippen molar-refractivity contribution in [3.05, 3.63) is 89.7 Å². The van der Waals surface area contributed by atoms with Gasteiger partial charge in [-0.25, -0.2) is 4.79 Å². The van der Waals surface area contributed by atoms with Crippen LogP contribution in [0.4, 0.5) is 4.79 Å². The summed E-state index contributed by atoms with van der Waals surface area (Å²) in [5.74, 6) is -1.91. The molecule has 174 valence electrons. The highest BCUT2D eigenvalue weighted by atomic mass is 16.5. The Morgan fingerprint density at radius 2 is 1.56 bits per heavy atom. The Morgan fingerprint density at radius 3 is 2.18 bits per heavy atom. The first kappa shape index (κ1) is 23.0. The molecule has 1 aliphatic carbocycles. The van der Waals surface area contributed by atoms with Gasteiger partial charge in [0.2, 0.25) is 5.91 Å². The normalized spacial score (nSPS) is 12.8. The van der Waals surface area contributed by atoms with Crippen molar-refractivity contribution in [3.8, 4) is 11.1 Å². The van der Waals surface area contributed by atoms with Crippen LogP contribution in [0.15, 0.2) is 73.1 Å². The number of hydrogen-bond donors (Lipinski definition) is 3. The number of hydrogen-bond acceptors (Lipinski definition) is 5. The molecule has 0 fully saturated rings. The molecule has 3 N–H and O–H groups in total. The number of carboxylic acids is 1. The standard InChI is InChI=1S/C26H25N3O5/c30-24(31)15-23(25(32)28-14-11-17-9-12-27-13-10-17)29-26(33)34-16-22-20-7-3-1-5-18(20)19-6-2-4-8-21(19)22/h1-10,12-13,22-23H,11,14-16H2,(H,28,32)(H,29,33)(H,30,31). The van der Waals surface area contributed by atoms with Gasteiger partial charge in [-0.2, -0.15) is 0 Å². The number of alkyl carbamates (subject to hydrolysis) is 1. The summed E-state index contributed by atoms with van der Waals surface area (Å²) >= 11 is 0. The summed E-state index contributed by atoms with van der Waals surface area (Å²) in [4.78, 5) is 40.2. The van der Waals surface area contributed by atoms with Crippen LogP contribution in [0.3, 0.4) is 0 Å². The maximum atomic E-state index is 12.5. The molecule has 2 amide bonds. The molecule has 1 aliphatic rings. The largest absolute Gasteiger partial charge is 0.481 e. The van der Waals surface area contributed by atoms with Crippen LogP contribution in [-0.4, -0.2) is 47.3 Å². The highest BCUT2D eigenvalue weighted by Gasteiger charge is 2.30. The molecule has 2 aromatic carbocycles. The fraction of sp³-hybridized carbons (Fsp3) is 0.231. The predicted molar refractivity (Wildman–Crippen MR) is 125 cm³/mol. The SMILES string of the molecule is O=C(O)CC(NC(=O)OCC1c2ccccc2-c2ccccc21)C(=O)NCCc1ccncc1. The summed E-state index contributed by atoms with van der Waals surface area (Å²) in [6, 6.07) is 18.3. The van der Waals surface area contributed by atoms with Crippen LogP contribution >= 0.6 is 0 Å². The number of carbonyl (C=O) groups is 3. The number of nitrogens with one attached hydrogen (secondary N) is 2. The van der Waals surface area contributed by atoms with Gasteiger partial charge in [-0.15, -0.1) is 0 Å². The van der Waals surface area contributed by atoms with Gasteiger partial charge in [0, 0.05) is 24.9 Å². The van der Waals surface area contributed by atoms with Crippen LogP contribution in [0, 0.1) is 0 Å². The number of ether oxygens (including phenoxy) is 1. The van der Waals surface area contributed by atoms with Crippen molar-refractivity contribution in [1.82, 2.24) is 15.6 Å². The van der Waals surface area contributed by atoms with Crippen molar-refractivity contribution in [3.63, 3.8) is 0 Å². The monoisotopic (exact) mass is 459 g/mol. The molecule has 0 radical (unpaired) electrons. The third-order valence-corrected chi connectivity index (χ3v) is 5.79. The topological polar surface area (TPSA) is 118 Å². The van der Waals surface area contributed by atoms with E-state index >= 15 is 0 Å². The second kappa shape index (κ2) is 10.6. The summed E-state index contributed by atoms with van der Waals surface area (Å²) in [7, 11) is 0. The van der Waals surface area contributed by atoms with Crippen molar-refractivity contribution in [2.75, 3.05) is 13.2 Å². The van der Waals surface area contributed by atoms with Gasteiger partial charge >= 0.3 is 12.1 Å². The minimum Gasteiger partial charge on any atom is -0.481 e. The second-order valence-electron chi connectivity index (χ2n) is 8.02. The number of aliphatic carboxylic acids is 1. The van der Waals surface area contributed by atoms with Crippen molar-refractivity contribution in [2.24, 2.45) is 0 Å². The summed E-state index contributed by atoms with van der Waals surface area (Å²) in [6.07, 6.45) is 2.48. The summed E-state index contributed by atoms with van der Waals surface area (Å²) in [6.45, 7) is 0.370. The van der Waals surface area contributed by atoms with Crippen LogP contribution in [0.2, 0.25) is 0 Å². The van der Waals surface area contributed by atoms with Crippen LogP contribution in [-0.2, 0) is 20.7 Å². The lowest BCUT2D eigenvalue weighted by Crippen LogP contribution is -2.48. The lowest BCUT2D eigenvalue weighted by atomic mass is 9.98. The van der Waals surface area contributed by atoms with Gasteiger partial charge in [0.05, 0.1) is 6.42 Å². The van der Waals surface area contributed by atoms with Gasteiger partial charge < -0.3 is 20.5 Å². The van der Waals surface area contributed by atoms with Gasteiger partial charge in [0.15, 0.2) is 0 Å². The van der Waals surface area contributed by atoms with E-state index in [1.807, 2.05) is 60.7 Å². The van der Waals surface area contributed by atoms with Crippen molar-refractivity contribution in [2.45, 2.75) is 24.8 Å². The molecule has 1 aromatic heterocycles. The van der Waals surface area contributed by atoms with Crippen LogP contribution in [0.25, 0.3) is 11.1 Å². The molecule has 0 spiro atoms. The first-order chi connectivity index (χ1) is 16.5. The Balaban J connectivity index is 1.35. The molecule has 4 rings (SSSR count). The molecule has 8 nitrogen and oxygen atoms in total. The van der Waals surface area contributed by atoms with E-state index in [1.54, 1.807) is 12.4 Å². The number of benzene rings is 2. The van der Waals surface area contributed by atoms with Gasteiger partial charge in [-0.1, -0.05) is 48.5 Å². The number of aromatic nitrogens is 1. The summed E-state index contributed by atoms with van der Waals surface area (Å²) in [5, 5.41) is 14.3. The number of amides is 2. The number of nitrogens with zero attached hydrogens (tertiary/aromatic N) is 1. The van der Waals surface area contributed by atoms with E-state index in [4.69, 9.17) is 4.74 Å². The Hall–Kier alpha value is -4.20. The quantitative estimate of drug-likeness (QED) is 0.453. The molecule has 3 aromatic rings. The van der Waals surface area contributed by atoms with Gasteiger partial charge in [0.25, 0.3) is 0 Å². The maximum Gasteiger partial charge on any atom is 0.407 e. The first-order valence-electron chi connectivity index (χ1n) is 11.0. The lowest BCUT2D eigenvalue weighted by Gasteiger charge is -2.18. The van der Waals surface area contributed by atoms with E-state index in [0.717, 1.165) is 27.8 Å². The minimum absolute atomic E-state index is 0.0727. The smallest absolute Gasteiger partial charge is 0.407 e. The first-order valence-corrected chi connectivity index (χ1v) is 11.0. The average Bonchev–Trinajstić information content (AvgIpc) is 3.16. The Bertz CT molecular complexity index is 1140. The number of fused-ring (bicyclic) bond motifs is 3. The Morgan fingerprint density at radius 1 is 0.941 bits per heavy atom. The van der Waals surface area contributed by atoms with Gasteiger partial charge in [0.1, 0.15) is 12.6 Å². The zero-order valence-corrected chi connectivity index (χ0v) is 18.4. The number of carboxylic acid groups (broad SMARTS) is 1. The van der Waals surface area contributed by atoms with Crippen LogP contribution < -0.4 is 10.6 Å². The molecule has 0 saturated carbocycles. The van der Waals surface area contributed by atoms with E-state index in [1.165, 1.54) is 0 Å². The molecule has 8 heteroatoms. The molecule has 1 unspecified atom stereocenters. The molecular weight excluding hydrogens is 434 g/mol. The molecule has 0 saturated heterocycles. The van der Waals surface area contributed by atoms with Crippen molar-refractivity contribution in [1.29, 1.82) is 0 Å². The highest BCUT2D eigenvalue weighted by Crippen LogP contribution is 2.44. The number of pyridine rings is 1. The zero-order chi connectivity index (χ0) is 23.9. The second-order valence-corrected chi connectivity index (χ2v) is 8.02. The van der Waals surface area contributed by atoms with Gasteiger partial charge in [-0.05, 0) is 46.4 Å². The number of carbonyl (C=O) groups excluding carboxylic acids is 2. The fourth-order valence-electron chi connectivity index (χ4n) is 4.17. The highest BCUT2D eigenvalue weighted by molar-refractivity contribution is 5.89. The molecule has 1 heterocycles. The van der Waals surface area contributed by atoms with Crippen LogP contribution in [0.5, 0.6) is 0 Å². The third kappa shape index (κ3) is 5.40. The molecule has 34 heavy (non-hydrogen) atoms. The summed E-state index contributed by atoms with van der Waals surface area (Å²) in [5.41, 5.74) is 5.31. The van der Waals surface area contributed by atoms with Crippen LogP contribution in [0.1, 0.15) is 29.0 Å². The van der Waals surface area contributed by atoms with Crippen molar-refractivity contribution < 1.29 is 24.2 Å². The third-order valence-electron chi connectivity index (χ3n) is 5.79. The zero-order valence-electron chi connectivity index (χ0n) is 18.4. The predicted octanol–water partition coefficient (Wildman–Crippen LogP) is 3.12. The molecule has 0 bridgehead atoms. The van der Waals surface area contributed by atoms with E-state index in [0.29, 0.717) is 13.0 Å². The van der Waals surface area contributed by atoms with E-state index in [-0.39, 0.29) is 12.5 Å². The molecular formula is C26H25N3O5. The Kier molecular flexibility index (Phi) is 7.17. The van der Waals surface area contributed by atoms with E-state index < -0.39 is 30.4 Å². The summed E-state index contributed by atoms with van der Waals surface area (Å²) < 4.78 is 5.45. The molecule has 1 atom stereocenters. The Labute approximate surface area is 197 Å². The average molecular weight is 460 g/mol. The molecule has 0 aliphatic heterocycles. The van der Waals surface area contributed by atoms with Crippen molar-refractivity contribution >= 4 is 18.0 Å². The van der Waals surface area contributed by atoms with Gasteiger partial charge in [-0.3, -0.25) is 14.6 Å². The van der Waals surface area contributed by atoms with E-state index in [9.17, 15) is 19.5 Å². The maximum absolute atomic E-state index is 12.5. The van der Waals surface area contributed by atoms with E-state index in [2.05, 4.69) is 15.6 Å². The lowest BCUT2D eigenvalue weighted by molar-refractivity contribution is -0.139.